The molecule has 0 fully saturated rings. The average molecular weight is 204 g/mol. The highest BCUT2D eigenvalue weighted by Crippen LogP contribution is 2.21. The van der Waals surface area contributed by atoms with E-state index in [0.717, 1.165) is 0 Å². The lowest BCUT2D eigenvalue weighted by atomic mass is 10.3. The van der Waals surface area contributed by atoms with Gasteiger partial charge in [0.05, 0.1) is 18.1 Å². The van der Waals surface area contributed by atoms with Crippen LogP contribution in [0.4, 0.5) is 5.69 Å². The smallest absolute Gasteiger partial charge is 0.143 e. The van der Waals surface area contributed by atoms with Crippen molar-refractivity contribution in [1.82, 2.24) is 5.53 Å². The second-order valence-electron chi connectivity index (χ2n) is 2.03. The molecule has 0 atom stereocenters. The molecule has 0 bridgehead atoms. The Hall–Kier alpha value is -1.49. The van der Waals surface area contributed by atoms with Crippen LogP contribution in [-0.2, 0) is 0 Å². The van der Waals surface area contributed by atoms with Crippen molar-refractivity contribution < 1.29 is 4.74 Å². The van der Waals surface area contributed by atoms with Gasteiger partial charge in [-0.3, -0.25) is 5.43 Å². The van der Waals surface area contributed by atoms with Gasteiger partial charge < -0.3 is 4.74 Å². The second-order valence-corrected chi connectivity index (χ2v) is 2.03. The quantitative estimate of drug-likeness (QED) is 0.578. The molecule has 0 amide bonds. The first-order valence-electron chi connectivity index (χ1n) is 3.35. The molecular formula is C7H10ClN3O2. The number of nitroso groups, excluding NO2 is 1. The van der Waals surface area contributed by atoms with Crippen LogP contribution in [0.15, 0.2) is 29.6 Å². The molecule has 6 heteroatoms. The van der Waals surface area contributed by atoms with Crippen LogP contribution in [-0.4, -0.2) is 7.11 Å². The van der Waals surface area contributed by atoms with E-state index in [1.165, 1.54) is 0 Å². The highest BCUT2D eigenvalue weighted by Gasteiger charge is 1.98. The van der Waals surface area contributed by atoms with Crippen LogP contribution in [0.5, 0.6) is 5.75 Å². The number of ether oxygens (including phenoxy) is 1. The molecule has 0 saturated heterocycles. The van der Waals surface area contributed by atoms with Crippen molar-refractivity contribution in [1.29, 1.82) is 0 Å². The lowest BCUT2D eigenvalue weighted by molar-refractivity contribution is 0.416. The summed E-state index contributed by atoms with van der Waals surface area (Å²) in [6.45, 7) is 0. The fourth-order valence-electron chi connectivity index (χ4n) is 0.831. The van der Waals surface area contributed by atoms with Crippen molar-refractivity contribution in [3.05, 3.63) is 29.2 Å². The third-order valence-corrected chi connectivity index (χ3v) is 1.34. The van der Waals surface area contributed by atoms with E-state index in [1.807, 2.05) is 12.1 Å². The van der Waals surface area contributed by atoms with Gasteiger partial charge >= 0.3 is 0 Å². The van der Waals surface area contributed by atoms with Crippen molar-refractivity contribution in [2.75, 3.05) is 12.5 Å². The Bertz CT molecular complexity index is 270. The van der Waals surface area contributed by atoms with Crippen LogP contribution < -0.4 is 15.7 Å². The second kappa shape index (κ2) is 6.07. The summed E-state index contributed by atoms with van der Waals surface area (Å²) in [5.74, 6) is 0.647. The molecule has 13 heavy (non-hydrogen) atoms. The number of hydrazine groups is 1. The van der Waals surface area contributed by atoms with Crippen LogP contribution in [0, 0.1) is 4.91 Å². The third kappa shape index (κ3) is 3.16. The maximum Gasteiger partial charge on any atom is 0.143 e. The largest absolute Gasteiger partial charge is 0.495 e. The van der Waals surface area contributed by atoms with Crippen LogP contribution in [0.1, 0.15) is 0 Å². The average Bonchev–Trinajstić information content (AvgIpc) is 2.15. The van der Waals surface area contributed by atoms with Crippen molar-refractivity contribution in [2.24, 2.45) is 5.29 Å². The maximum atomic E-state index is 9.71. The van der Waals surface area contributed by atoms with E-state index in [2.05, 4.69) is 16.2 Å². The number of hydrogen-bond donors (Lipinski definition) is 2. The Morgan fingerprint density at radius 3 is 2.69 bits per heavy atom. The minimum absolute atomic E-state index is 0. The van der Waals surface area contributed by atoms with Gasteiger partial charge in [-0.15, -0.1) is 17.3 Å². The van der Waals surface area contributed by atoms with Crippen molar-refractivity contribution in [3.8, 4) is 5.75 Å². The summed E-state index contributed by atoms with van der Waals surface area (Å²) in [7, 11) is 1.55. The molecule has 0 aliphatic carbocycles. The third-order valence-electron chi connectivity index (χ3n) is 1.34. The van der Waals surface area contributed by atoms with E-state index in [9.17, 15) is 4.91 Å². The highest BCUT2D eigenvalue weighted by atomic mass is 35.5. The zero-order valence-electron chi connectivity index (χ0n) is 6.98. The molecule has 0 aliphatic rings. The van der Waals surface area contributed by atoms with Gasteiger partial charge in [-0.25, -0.2) is 0 Å². The van der Waals surface area contributed by atoms with Crippen molar-refractivity contribution in [3.63, 3.8) is 0 Å². The van der Waals surface area contributed by atoms with E-state index < -0.39 is 0 Å². The van der Waals surface area contributed by atoms with Gasteiger partial charge in [0, 0.05) is 0 Å². The summed E-state index contributed by atoms with van der Waals surface area (Å²) in [4.78, 5) is 9.71. The molecule has 0 aliphatic heterocycles. The molecule has 0 saturated carbocycles. The van der Waals surface area contributed by atoms with Gasteiger partial charge in [0.1, 0.15) is 5.75 Å². The van der Waals surface area contributed by atoms with Crippen molar-refractivity contribution >= 4 is 18.1 Å². The van der Waals surface area contributed by atoms with E-state index >= 15 is 0 Å². The number of rotatable bonds is 4. The predicted molar refractivity (Wildman–Crippen MR) is 52.8 cm³/mol. The SMILES string of the molecule is COc1ccccc1NNN=O.Cl. The molecule has 1 rings (SSSR count). The summed E-state index contributed by atoms with van der Waals surface area (Å²) in [6, 6.07) is 7.18. The maximum absolute atomic E-state index is 9.71. The first kappa shape index (κ1) is 11.5. The topological polar surface area (TPSA) is 62.7 Å². The molecule has 0 unspecified atom stereocenters. The monoisotopic (exact) mass is 203 g/mol. The van der Waals surface area contributed by atoms with E-state index in [0.29, 0.717) is 11.4 Å². The Kier molecular flexibility index (Phi) is 5.38. The number of halogens is 1. The van der Waals surface area contributed by atoms with E-state index in [-0.39, 0.29) is 12.4 Å². The van der Waals surface area contributed by atoms with Crippen LogP contribution in [0.3, 0.4) is 0 Å². The zero-order chi connectivity index (χ0) is 8.81. The zero-order valence-corrected chi connectivity index (χ0v) is 7.80. The number of nitrogens with zero attached hydrogens (tertiary/aromatic N) is 1. The molecule has 0 heterocycles. The Morgan fingerprint density at radius 2 is 2.08 bits per heavy atom. The highest BCUT2D eigenvalue weighted by molar-refractivity contribution is 5.85. The Morgan fingerprint density at radius 1 is 1.38 bits per heavy atom. The molecule has 5 nitrogen and oxygen atoms in total. The van der Waals surface area contributed by atoms with Gasteiger partial charge in [-0.05, 0) is 12.1 Å². The molecule has 1 aromatic carbocycles. The first-order valence-corrected chi connectivity index (χ1v) is 3.35. The minimum Gasteiger partial charge on any atom is -0.495 e. The molecule has 1 aromatic rings. The van der Waals surface area contributed by atoms with Crippen molar-refractivity contribution in [2.45, 2.75) is 0 Å². The van der Waals surface area contributed by atoms with Crippen LogP contribution in [0.2, 0.25) is 0 Å². The fourth-order valence-corrected chi connectivity index (χ4v) is 0.831. The number of benzene rings is 1. The number of nitrogens with one attached hydrogen (secondary N) is 2. The number of methoxy groups -OCH3 is 1. The van der Waals surface area contributed by atoms with Crippen LogP contribution in [0.25, 0.3) is 0 Å². The summed E-state index contributed by atoms with van der Waals surface area (Å²) < 4.78 is 5.00. The van der Waals surface area contributed by atoms with Gasteiger partial charge in [-0.1, -0.05) is 12.1 Å². The van der Waals surface area contributed by atoms with Gasteiger partial charge in [-0.2, -0.15) is 5.53 Å². The molecule has 0 radical (unpaired) electrons. The van der Waals surface area contributed by atoms with E-state index in [1.54, 1.807) is 19.2 Å². The first-order chi connectivity index (χ1) is 5.88. The Labute approximate surface area is 81.8 Å². The standard InChI is InChI=1S/C7H9N3O2.ClH/c1-12-7-5-3-2-4-6(7)8-9-10-11;/h2-5H,1H3,(H,8,10)(H,9,11);1H. The molecule has 0 spiro atoms. The Balaban J connectivity index is 0.00000144. The minimum atomic E-state index is 0. The van der Waals surface area contributed by atoms with Gasteiger partial charge in [0.15, 0.2) is 0 Å². The summed E-state index contributed by atoms with van der Waals surface area (Å²) in [5, 5.41) is 2.44. The molecule has 2 N–H and O–H groups in total. The van der Waals surface area contributed by atoms with Gasteiger partial charge in [0.2, 0.25) is 0 Å². The normalized spacial score (nSPS) is 8.08. The number of anilines is 1. The lowest BCUT2D eigenvalue weighted by Crippen LogP contribution is -2.13. The summed E-state index contributed by atoms with van der Waals surface area (Å²) >= 11 is 0. The molecular weight excluding hydrogens is 194 g/mol. The lowest BCUT2D eigenvalue weighted by Gasteiger charge is -2.07. The summed E-state index contributed by atoms with van der Waals surface area (Å²) in [6.07, 6.45) is 0. The van der Waals surface area contributed by atoms with Gasteiger partial charge in [0.25, 0.3) is 0 Å². The fraction of sp³-hybridized carbons (Fsp3) is 0.143. The summed E-state index contributed by atoms with van der Waals surface area (Å²) in [5.41, 5.74) is 5.30. The van der Waals surface area contributed by atoms with Crippen LogP contribution >= 0.6 is 12.4 Å². The molecule has 72 valence electrons. The predicted octanol–water partition coefficient (Wildman–Crippen LogP) is 1.71. The molecule has 0 aromatic heterocycles. The number of para-hydroxylation sites is 2. The van der Waals surface area contributed by atoms with E-state index in [4.69, 9.17) is 4.74 Å². The number of hydrogen-bond acceptors (Lipinski definition) is 4.